The van der Waals surface area contributed by atoms with Gasteiger partial charge in [-0.15, -0.1) is 0 Å². The van der Waals surface area contributed by atoms with Crippen LogP contribution in [0.2, 0.25) is 0 Å². The Morgan fingerprint density at radius 1 is 1.60 bits per heavy atom. The zero-order chi connectivity index (χ0) is 11.3. The lowest BCUT2D eigenvalue weighted by molar-refractivity contribution is 0.0660. The third kappa shape index (κ3) is 3.38. The van der Waals surface area contributed by atoms with Crippen LogP contribution in [0.25, 0.3) is 0 Å². The molecule has 1 aromatic rings. The lowest BCUT2D eigenvalue weighted by atomic mass is 10.2. The van der Waals surface area contributed by atoms with Gasteiger partial charge in [0, 0.05) is 6.04 Å². The normalized spacial score (nSPS) is 12.7. The number of rotatable bonds is 6. The van der Waals surface area contributed by atoms with Gasteiger partial charge in [0.15, 0.2) is 0 Å². The van der Waals surface area contributed by atoms with Gasteiger partial charge in [0.05, 0.1) is 13.2 Å². The monoisotopic (exact) mass is 213 g/mol. The highest BCUT2D eigenvalue weighted by Gasteiger charge is 2.10. The van der Waals surface area contributed by atoms with E-state index < -0.39 is 5.97 Å². The minimum Gasteiger partial charge on any atom is -0.475 e. The molecule has 0 unspecified atom stereocenters. The molecular formula is C10H15NO4. The molecule has 1 rings (SSSR count). The summed E-state index contributed by atoms with van der Waals surface area (Å²) in [5, 5.41) is 20.6. The van der Waals surface area contributed by atoms with Crippen LogP contribution in [0.1, 0.15) is 29.7 Å². The van der Waals surface area contributed by atoms with E-state index in [1.807, 2.05) is 6.92 Å². The number of nitrogens with one attached hydrogen (secondary N) is 1. The van der Waals surface area contributed by atoms with Crippen molar-refractivity contribution in [2.45, 2.75) is 25.9 Å². The second kappa shape index (κ2) is 5.53. The molecule has 0 bridgehead atoms. The van der Waals surface area contributed by atoms with Crippen LogP contribution in [0.5, 0.6) is 0 Å². The fraction of sp³-hybridized carbons (Fsp3) is 0.500. The summed E-state index contributed by atoms with van der Waals surface area (Å²) >= 11 is 0. The van der Waals surface area contributed by atoms with E-state index in [0.717, 1.165) is 6.42 Å². The van der Waals surface area contributed by atoms with E-state index in [0.29, 0.717) is 12.3 Å². The Balaban J connectivity index is 2.47. The summed E-state index contributed by atoms with van der Waals surface area (Å²) in [6.07, 6.45) is 0.809. The average Bonchev–Trinajstić information content (AvgIpc) is 2.68. The predicted octanol–water partition coefficient (Wildman–Crippen LogP) is 0.838. The average molecular weight is 213 g/mol. The molecular weight excluding hydrogens is 198 g/mol. The summed E-state index contributed by atoms with van der Waals surface area (Å²) in [5.41, 5.74) is 0. The molecule has 0 aromatic carbocycles. The van der Waals surface area contributed by atoms with Gasteiger partial charge in [-0.25, -0.2) is 4.79 Å². The molecule has 0 amide bonds. The minimum absolute atomic E-state index is 0.0170. The highest BCUT2D eigenvalue weighted by Crippen LogP contribution is 2.07. The van der Waals surface area contributed by atoms with Crippen molar-refractivity contribution in [3.63, 3.8) is 0 Å². The summed E-state index contributed by atoms with van der Waals surface area (Å²) in [6, 6.07) is 3.04. The highest BCUT2D eigenvalue weighted by molar-refractivity contribution is 5.84. The molecule has 0 fully saturated rings. The summed E-state index contributed by atoms with van der Waals surface area (Å²) in [5.74, 6) is -0.585. The van der Waals surface area contributed by atoms with E-state index in [-0.39, 0.29) is 18.4 Å². The van der Waals surface area contributed by atoms with Crippen molar-refractivity contribution in [3.8, 4) is 0 Å². The summed E-state index contributed by atoms with van der Waals surface area (Å²) in [6.45, 7) is 2.44. The smallest absolute Gasteiger partial charge is 0.371 e. The molecule has 0 spiro atoms. The Hall–Kier alpha value is -1.33. The number of aliphatic hydroxyl groups excluding tert-OH is 1. The number of hydrogen-bond donors (Lipinski definition) is 3. The Bertz CT molecular complexity index is 317. The lowest BCUT2D eigenvalue weighted by Crippen LogP contribution is -2.30. The quantitative estimate of drug-likeness (QED) is 0.652. The molecule has 0 radical (unpaired) electrons. The van der Waals surface area contributed by atoms with Crippen molar-refractivity contribution < 1.29 is 19.4 Å². The zero-order valence-electron chi connectivity index (χ0n) is 8.56. The molecule has 84 valence electrons. The van der Waals surface area contributed by atoms with Crippen molar-refractivity contribution in [3.05, 3.63) is 23.7 Å². The number of hydrogen-bond acceptors (Lipinski definition) is 4. The van der Waals surface area contributed by atoms with E-state index in [4.69, 9.17) is 14.6 Å². The lowest BCUT2D eigenvalue weighted by Gasteiger charge is -2.12. The van der Waals surface area contributed by atoms with Crippen LogP contribution >= 0.6 is 0 Å². The second-order valence-corrected chi connectivity index (χ2v) is 3.24. The zero-order valence-corrected chi connectivity index (χ0v) is 8.56. The van der Waals surface area contributed by atoms with Gasteiger partial charge in [-0.05, 0) is 18.6 Å². The molecule has 1 aromatic heterocycles. The van der Waals surface area contributed by atoms with Crippen LogP contribution in [-0.2, 0) is 6.54 Å². The van der Waals surface area contributed by atoms with Crippen LogP contribution in [0, 0.1) is 0 Å². The second-order valence-electron chi connectivity index (χ2n) is 3.24. The van der Waals surface area contributed by atoms with Gasteiger partial charge in [-0.3, -0.25) is 0 Å². The Morgan fingerprint density at radius 3 is 2.80 bits per heavy atom. The molecule has 0 aliphatic carbocycles. The summed E-state index contributed by atoms with van der Waals surface area (Å²) in [4.78, 5) is 10.5. The molecule has 1 atom stereocenters. The molecule has 15 heavy (non-hydrogen) atoms. The Morgan fingerprint density at radius 2 is 2.33 bits per heavy atom. The van der Waals surface area contributed by atoms with Crippen molar-refractivity contribution in [2.75, 3.05) is 6.61 Å². The maximum atomic E-state index is 10.5. The van der Waals surface area contributed by atoms with E-state index in [1.54, 1.807) is 6.07 Å². The van der Waals surface area contributed by atoms with Gasteiger partial charge < -0.3 is 19.9 Å². The molecule has 3 N–H and O–H groups in total. The molecule has 0 saturated heterocycles. The number of furan rings is 1. The van der Waals surface area contributed by atoms with E-state index in [9.17, 15) is 4.79 Å². The maximum absolute atomic E-state index is 10.5. The number of aliphatic hydroxyl groups is 1. The van der Waals surface area contributed by atoms with Gasteiger partial charge >= 0.3 is 5.97 Å². The van der Waals surface area contributed by atoms with Crippen molar-refractivity contribution in [1.29, 1.82) is 0 Å². The number of carbonyl (C=O) groups is 1. The van der Waals surface area contributed by atoms with Gasteiger partial charge in [0.2, 0.25) is 5.76 Å². The van der Waals surface area contributed by atoms with Crippen LogP contribution in [0.15, 0.2) is 16.5 Å². The standard InChI is InChI=1S/C10H15NO4/c1-2-7(6-12)11-5-8-3-4-9(15-8)10(13)14/h3-4,7,11-12H,2,5-6H2,1H3,(H,13,14)/t7-/m1/s1. The largest absolute Gasteiger partial charge is 0.475 e. The Labute approximate surface area is 87.7 Å². The van der Waals surface area contributed by atoms with Crippen LogP contribution in [0.3, 0.4) is 0 Å². The van der Waals surface area contributed by atoms with Gasteiger partial charge in [-0.2, -0.15) is 0 Å². The highest BCUT2D eigenvalue weighted by atomic mass is 16.4. The molecule has 5 nitrogen and oxygen atoms in total. The Kier molecular flexibility index (Phi) is 4.33. The SMILES string of the molecule is CC[C@H](CO)NCc1ccc(C(=O)O)o1. The fourth-order valence-electron chi connectivity index (χ4n) is 1.17. The first-order chi connectivity index (χ1) is 7.17. The molecule has 0 aliphatic heterocycles. The maximum Gasteiger partial charge on any atom is 0.371 e. The first-order valence-corrected chi connectivity index (χ1v) is 4.83. The topological polar surface area (TPSA) is 82.7 Å². The van der Waals surface area contributed by atoms with Crippen LogP contribution in [-0.4, -0.2) is 28.8 Å². The van der Waals surface area contributed by atoms with Gasteiger partial charge in [-0.1, -0.05) is 6.92 Å². The molecule has 5 heteroatoms. The molecule has 0 saturated carbocycles. The van der Waals surface area contributed by atoms with Gasteiger partial charge in [0.25, 0.3) is 0 Å². The summed E-state index contributed by atoms with van der Waals surface area (Å²) < 4.78 is 5.04. The van der Waals surface area contributed by atoms with Crippen molar-refractivity contribution in [1.82, 2.24) is 5.32 Å². The third-order valence-corrected chi connectivity index (χ3v) is 2.15. The van der Waals surface area contributed by atoms with E-state index in [2.05, 4.69) is 5.32 Å². The first kappa shape index (κ1) is 11.7. The third-order valence-electron chi connectivity index (χ3n) is 2.15. The predicted molar refractivity (Wildman–Crippen MR) is 53.7 cm³/mol. The number of aromatic carboxylic acids is 1. The van der Waals surface area contributed by atoms with Crippen molar-refractivity contribution in [2.24, 2.45) is 0 Å². The minimum atomic E-state index is -1.07. The molecule has 1 heterocycles. The summed E-state index contributed by atoms with van der Waals surface area (Å²) in [7, 11) is 0. The van der Waals surface area contributed by atoms with Crippen LogP contribution in [0.4, 0.5) is 0 Å². The number of carboxylic acids is 1. The molecule has 0 aliphatic rings. The number of carboxylic acid groups (broad SMARTS) is 1. The fourth-order valence-corrected chi connectivity index (χ4v) is 1.17. The van der Waals surface area contributed by atoms with E-state index in [1.165, 1.54) is 6.07 Å². The van der Waals surface area contributed by atoms with E-state index >= 15 is 0 Å². The van der Waals surface area contributed by atoms with Crippen molar-refractivity contribution >= 4 is 5.97 Å². The van der Waals surface area contributed by atoms with Gasteiger partial charge in [0.1, 0.15) is 5.76 Å². The van der Waals surface area contributed by atoms with Crippen LogP contribution < -0.4 is 5.32 Å². The first-order valence-electron chi connectivity index (χ1n) is 4.83.